The molecule has 130 valence electrons. The lowest BCUT2D eigenvalue weighted by molar-refractivity contribution is 0.416. The third-order valence-corrected chi connectivity index (χ3v) is 4.61. The standard InChI is InChI=1S/C16H15N3O5S/c1-10-3-5-13(23-2)12(9-10)19-25(21,22)16-8-6-14(24-16)11-4-7-15(20)18-17-11/h3-9,19H,1-2H3,(H,18,20). The number of aryl methyl sites for hydroxylation is 1. The summed E-state index contributed by atoms with van der Waals surface area (Å²) in [6, 6.07) is 10.6. The molecule has 0 spiro atoms. The Labute approximate surface area is 143 Å². The molecule has 0 radical (unpaired) electrons. The van der Waals surface area contributed by atoms with Crippen molar-refractivity contribution in [3.8, 4) is 17.2 Å². The molecule has 0 bridgehead atoms. The quantitative estimate of drug-likeness (QED) is 0.720. The summed E-state index contributed by atoms with van der Waals surface area (Å²) in [4.78, 5) is 11.0. The number of benzene rings is 1. The highest BCUT2D eigenvalue weighted by Crippen LogP contribution is 2.29. The smallest absolute Gasteiger partial charge is 0.295 e. The van der Waals surface area contributed by atoms with Gasteiger partial charge in [-0.05, 0) is 42.8 Å². The van der Waals surface area contributed by atoms with Crippen molar-refractivity contribution in [2.45, 2.75) is 12.0 Å². The number of anilines is 1. The number of methoxy groups -OCH3 is 1. The van der Waals surface area contributed by atoms with E-state index in [1.807, 2.05) is 13.0 Å². The van der Waals surface area contributed by atoms with Crippen LogP contribution in [-0.4, -0.2) is 25.7 Å². The SMILES string of the molecule is COc1ccc(C)cc1NS(=O)(=O)c1ccc(-c2ccc(=O)[nH]n2)o1. The molecule has 0 aliphatic rings. The topological polar surface area (TPSA) is 114 Å². The number of nitrogens with one attached hydrogen (secondary N) is 2. The predicted molar refractivity (Wildman–Crippen MR) is 91.1 cm³/mol. The van der Waals surface area contributed by atoms with Gasteiger partial charge < -0.3 is 9.15 Å². The van der Waals surface area contributed by atoms with Gasteiger partial charge in [-0.25, -0.2) is 5.10 Å². The van der Waals surface area contributed by atoms with Gasteiger partial charge in [-0.3, -0.25) is 9.52 Å². The van der Waals surface area contributed by atoms with Crippen molar-refractivity contribution in [3.63, 3.8) is 0 Å². The molecule has 0 unspecified atom stereocenters. The van der Waals surface area contributed by atoms with Crippen LogP contribution in [0.2, 0.25) is 0 Å². The van der Waals surface area contributed by atoms with E-state index >= 15 is 0 Å². The number of aromatic amines is 1. The van der Waals surface area contributed by atoms with Crippen LogP contribution in [0.1, 0.15) is 5.56 Å². The van der Waals surface area contributed by atoms with Crippen molar-refractivity contribution in [2.75, 3.05) is 11.8 Å². The first-order valence-electron chi connectivity index (χ1n) is 7.22. The molecule has 2 N–H and O–H groups in total. The van der Waals surface area contributed by atoms with E-state index < -0.39 is 10.0 Å². The molecule has 8 nitrogen and oxygen atoms in total. The Kier molecular flexibility index (Phi) is 4.32. The lowest BCUT2D eigenvalue weighted by Crippen LogP contribution is -2.13. The molecular weight excluding hydrogens is 346 g/mol. The Bertz CT molecular complexity index is 1050. The van der Waals surface area contributed by atoms with Crippen LogP contribution in [0.15, 0.2) is 56.8 Å². The van der Waals surface area contributed by atoms with Crippen LogP contribution in [0.3, 0.4) is 0 Å². The minimum absolute atomic E-state index is 0.216. The van der Waals surface area contributed by atoms with Gasteiger partial charge in [0, 0.05) is 6.07 Å². The Morgan fingerprint density at radius 1 is 1.16 bits per heavy atom. The van der Waals surface area contributed by atoms with Crippen molar-refractivity contribution in [1.82, 2.24) is 10.2 Å². The minimum Gasteiger partial charge on any atom is -0.495 e. The highest BCUT2D eigenvalue weighted by molar-refractivity contribution is 7.92. The predicted octanol–water partition coefficient (Wildman–Crippen LogP) is 2.15. The molecule has 0 atom stereocenters. The van der Waals surface area contributed by atoms with Gasteiger partial charge >= 0.3 is 0 Å². The van der Waals surface area contributed by atoms with E-state index in [9.17, 15) is 13.2 Å². The van der Waals surface area contributed by atoms with Gasteiger partial charge in [0.05, 0.1) is 12.8 Å². The van der Waals surface area contributed by atoms with Gasteiger partial charge in [0.1, 0.15) is 11.4 Å². The molecule has 2 heterocycles. The summed E-state index contributed by atoms with van der Waals surface area (Å²) >= 11 is 0. The van der Waals surface area contributed by atoms with Gasteiger partial charge in [-0.1, -0.05) is 6.07 Å². The first-order valence-corrected chi connectivity index (χ1v) is 8.71. The second kappa shape index (κ2) is 6.44. The fraction of sp³-hybridized carbons (Fsp3) is 0.125. The molecule has 0 fully saturated rings. The van der Waals surface area contributed by atoms with Crippen LogP contribution in [0.4, 0.5) is 5.69 Å². The van der Waals surface area contributed by atoms with E-state index in [4.69, 9.17) is 9.15 Å². The monoisotopic (exact) mass is 361 g/mol. The van der Waals surface area contributed by atoms with Crippen molar-refractivity contribution in [1.29, 1.82) is 0 Å². The van der Waals surface area contributed by atoms with E-state index in [0.717, 1.165) is 5.56 Å². The zero-order valence-electron chi connectivity index (χ0n) is 13.4. The van der Waals surface area contributed by atoms with E-state index in [1.54, 1.807) is 12.1 Å². The maximum Gasteiger partial charge on any atom is 0.295 e. The Balaban J connectivity index is 1.92. The fourth-order valence-corrected chi connectivity index (χ4v) is 3.18. The van der Waals surface area contributed by atoms with Crippen molar-refractivity contribution in [2.24, 2.45) is 0 Å². The number of sulfonamides is 1. The van der Waals surface area contributed by atoms with Gasteiger partial charge in [-0.2, -0.15) is 13.5 Å². The number of nitrogens with zero attached hydrogens (tertiary/aromatic N) is 1. The molecule has 0 amide bonds. The number of furan rings is 1. The summed E-state index contributed by atoms with van der Waals surface area (Å²) in [6.45, 7) is 1.84. The molecule has 0 saturated heterocycles. The zero-order chi connectivity index (χ0) is 18.0. The average Bonchev–Trinajstić information content (AvgIpc) is 3.06. The molecule has 9 heteroatoms. The normalized spacial score (nSPS) is 11.3. The number of rotatable bonds is 5. The van der Waals surface area contributed by atoms with E-state index in [1.165, 1.54) is 31.4 Å². The first kappa shape index (κ1) is 16.8. The van der Waals surface area contributed by atoms with Gasteiger partial charge in [0.25, 0.3) is 15.6 Å². The van der Waals surface area contributed by atoms with Crippen LogP contribution < -0.4 is 15.0 Å². The van der Waals surface area contributed by atoms with Crippen molar-refractivity contribution >= 4 is 15.7 Å². The van der Waals surface area contributed by atoms with E-state index in [2.05, 4.69) is 14.9 Å². The first-order chi connectivity index (χ1) is 11.9. The second-order valence-corrected chi connectivity index (χ2v) is 6.85. The number of aromatic nitrogens is 2. The molecule has 0 aliphatic carbocycles. The van der Waals surface area contributed by atoms with Crippen LogP contribution >= 0.6 is 0 Å². The lowest BCUT2D eigenvalue weighted by Gasteiger charge is -2.11. The van der Waals surface area contributed by atoms with E-state index in [0.29, 0.717) is 17.1 Å². The molecule has 0 aliphatic heterocycles. The van der Waals surface area contributed by atoms with Crippen LogP contribution in [-0.2, 0) is 10.0 Å². The molecule has 3 rings (SSSR count). The van der Waals surface area contributed by atoms with Crippen LogP contribution in [0, 0.1) is 6.92 Å². The Hall–Kier alpha value is -3.07. The van der Waals surface area contributed by atoms with Crippen LogP contribution in [0.25, 0.3) is 11.5 Å². The third kappa shape index (κ3) is 3.56. The summed E-state index contributed by atoms with van der Waals surface area (Å²) in [5, 5.41) is 5.78. The Morgan fingerprint density at radius 3 is 2.64 bits per heavy atom. The molecule has 0 saturated carbocycles. The largest absolute Gasteiger partial charge is 0.495 e. The van der Waals surface area contributed by atoms with Gasteiger partial charge in [0.2, 0.25) is 5.09 Å². The van der Waals surface area contributed by atoms with Crippen molar-refractivity contribution in [3.05, 3.63) is 58.4 Å². The lowest BCUT2D eigenvalue weighted by atomic mass is 10.2. The number of hydrogen-bond acceptors (Lipinski definition) is 6. The highest BCUT2D eigenvalue weighted by atomic mass is 32.2. The molecule has 1 aromatic carbocycles. The summed E-state index contributed by atoms with van der Waals surface area (Å²) in [7, 11) is -2.50. The van der Waals surface area contributed by atoms with Crippen LogP contribution in [0.5, 0.6) is 5.75 Å². The number of ether oxygens (including phenoxy) is 1. The number of H-pyrrole nitrogens is 1. The summed E-state index contributed by atoms with van der Waals surface area (Å²) in [5.41, 5.74) is 1.13. The highest BCUT2D eigenvalue weighted by Gasteiger charge is 2.21. The zero-order valence-corrected chi connectivity index (χ0v) is 14.3. The molecule has 25 heavy (non-hydrogen) atoms. The van der Waals surface area contributed by atoms with Gasteiger partial charge in [-0.15, -0.1) is 0 Å². The van der Waals surface area contributed by atoms with Crippen molar-refractivity contribution < 1.29 is 17.6 Å². The molecular formula is C16H15N3O5S. The summed E-state index contributed by atoms with van der Waals surface area (Å²) in [6.07, 6.45) is 0. The Morgan fingerprint density at radius 2 is 1.96 bits per heavy atom. The fourth-order valence-electron chi connectivity index (χ4n) is 2.18. The van der Waals surface area contributed by atoms with Gasteiger partial charge in [0.15, 0.2) is 5.76 Å². The molecule has 2 aromatic heterocycles. The third-order valence-electron chi connectivity index (χ3n) is 3.38. The number of hydrogen-bond donors (Lipinski definition) is 2. The minimum atomic E-state index is -3.95. The molecule has 3 aromatic rings. The maximum absolute atomic E-state index is 12.5. The summed E-state index contributed by atoms with van der Waals surface area (Å²) < 4.78 is 38.1. The maximum atomic E-state index is 12.5. The average molecular weight is 361 g/mol. The second-order valence-electron chi connectivity index (χ2n) is 5.23. The summed E-state index contributed by atoms with van der Waals surface area (Å²) in [5.74, 6) is 0.607. The van der Waals surface area contributed by atoms with E-state index in [-0.39, 0.29) is 16.4 Å².